The quantitative estimate of drug-likeness (QED) is 0.613. The number of carboxylic acid groups (broad SMARTS) is 1. The third-order valence-corrected chi connectivity index (χ3v) is 2.20. The topological polar surface area (TPSA) is 57.5 Å². The van der Waals surface area contributed by atoms with Gasteiger partial charge in [0, 0.05) is 13.0 Å². The van der Waals surface area contributed by atoms with E-state index in [0.29, 0.717) is 0 Å². The largest absolute Gasteiger partial charge is 0.481 e. The summed E-state index contributed by atoms with van der Waals surface area (Å²) in [6.07, 6.45) is 4.98. The normalized spacial score (nSPS) is 12.8. The Balaban J connectivity index is 3.66. The van der Waals surface area contributed by atoms with Crippen molar-refractivity contribution in [3.63, 3.8) is 0 Å². The van der Waals surface area contributed by atoms with Crippen molar-refractivity contribution in [3.05, 3.63) is 0 Å². The van der Waals surface area contributed by atoms with E-state index in [1.807, 2.05) is 0 Å². The van der Waals surface area contributed by atoms with Crippen LogP contribution in [-0.2, 0) is 4.79 Å². The molecular formula is C10H20O3. The number of hydrogen-bond donors (Lipinski definition) is 2. The smallest absolute Gasteiger partial charge is 0.303 e. The predicted octanol–water partition coefficient (Wildman–Crippen LogP) is 2.04. The molecule has 0 aliphatic carbocycles. The molecule has 1 atom stereocenters. The maximum Gasteiger partial charge on any atom is 0.303 e. The molecule has 0 saturated carbocycles. The average molecular weight is 188 g/mol. The Morgan fingerprint density at radius 1 is 1.31 bits per heavy atom. The van der Waals surface area contributed by atoms with Gasteiger partial charge in [-0.3, -0.25) is 4.79 Å². The Morgan fingerprint density at radius 2 is 1.92 bits per heavy atom. The molecule has 3 heteroatoms. The summed E-state index contributed by atoms with van der Waals surface area (Å²) in [6.45, 7) is 2.27. The van der Waals surface area contributed by atoms with E-state index in [9.17, 15) is 4.79 Å². The molecule has 1 unspecified atom stereocenters. The van der Waals surface area contributed by atoms with Crippen molar-refractivity contribution in [3.8, 4) is 0 Å². The molecule has 0 aliphatic heterocycles. The second-order valence-electron chi connectivity index (χ2n) is 3.47. The standard InChI is InChI=1S/C10H20O3/c1-2-3-5-9(6-4-7-11)8-10(12)13/h9,11H,2-8H2,1H3,(H,12,13). The molecule has 13 heavy (non-hydrogen) atoms. The summed E-state index contributed by atoms with van der Waals surface area (Å²) in [7, 11) is 0. The number of carbonyl (C=O) groups is 1. The number of carboxylic acids is 1. The first kappa shape index (κ1) is 12.4. The van der Waals surface area contributed by atoms with E-state index in [4.69, 9.17) is 10.2 Å². The number of aliphatic hydroxyl groups excluding tert-OH is 1. The summed E-state index contributed by atoms with van der Waals surface area (Å²) < 4.78 is 0. The van der Waals surface area contributed by atoms with Crippen molar-refractivity contribution >= 4 is 5.97 Å². The monoisotopic (exact) mass is 188 g/mol. The fourth-order valence-electron chi connectivity index (χ4n) is 1.47. The van der Waals surface area contributed by atoms with E-state index in [0.717, 1.165) is 32.1 Å². The van der Waals surface area contributed by atoms with Gasteiger partial charge in [-0.25, -0.2) is 0 Å². The number of unbranched alkanes of at least 4 members (excludes halogenated alkanes) is 1. The number of aliphatic hydroxyl groups is 1. The molecule has 0 aromatic carbocycles. The molecule has 78 valence electrons. The lowest BCUT2D eigenvalue weighted by atomic mass is 9.94. The first-order valence-corrected chi connectivity index (χ1v) is 5.03. The Bertz CT molecular complexity index is 126. The molecule has 0 rings (SSSR count). The predicted molar refractivity (Wildman–Crippen MR) is 51.6 cm³/mol. The first-order chi connectivity index (χ1) is 6.20. The zero-order valence-electron chi connectivity index (χ0n) is 8.33. The fourth-order valence-corrected chi connectivity index (χ4v) is 1.47. The molecule has 0 bridgehead atoms. The van der Waals surface area contributed by atoms with E-state index < -0.39 is 5.97 Å². The first-order valence-electron chi connectivity index (χ1n) is 5.03. The fraction of sp³-hybridized carbons (Fsp3) is 0.900. The van der Waals surface area contributed by atoms with Crippen molar-refractivity contribution in [1.82, 2.24) is 0 Å². The van der Waals surface area contributed by atoms with Gasteiger partial charge in [-0.2, -0.15) is 0 Å². The molecule has 2 N–H and O–H groups in total. The van der Waals surface area contributed by atoms with E-state index in [1.54, 1.807) is 0 Å². The number of hydrogen-bond acceptors (Lipinski definition) is 2. The highest BCUT2D eigenvalue weighted by Crippen LogP contribution is 2.18. The highest BCUT2D eigenvalue weighted by atomic mass is 16.4. The van der Waals surface area contributed by atoms with Crippen LogP contribution in [0, 0.1) is 5.92 Å². The summed E-state index contributed by atoms with van der Waals surface area (Å²) in [4.78, 5) is 10.5. The van der Waals surface area contributed by atoms with Crippen LogP contribution in [0.4, 0.5) is 0 Å². The van der Waals surface area contributed by atoms with Gasteiger partial charge in [0.2, 0.25) is 0 Å². The van der Waals surface area contributed by atoms with Crippen molar-refractivity contribution in [2.45, 2.75) is 45.4 Å². The maximum absolute atomic E-state index is 10.5. The molecule has 0 amide bonds. The van der Waals surface area contributed by atoms with Crippen LogP contribution in [0.15, 0.2) is 0 Å². The van der Waals surface area contributed by atoms with Crippen LogP contribution >= 0.6 is 0 Å². The van der Waals surface area contributed by atoms with Crippen LogP contribution in [0.25, 0.3) is 0 Å². The molecule has 0 aliphatic rings. The second kappa shape index (κ2) is 8.05. The SMILES string of the molecule is CCCCC(CCCO)CC(=O)O. The summed E-state index contributed by atoms with van der Waals surface area (Å²) in [5.41, 5.74) is 0. The Hall–Kier alpha value is -0.570. The highest BCUT2D eigenvalue weighted by Gasteiger charge is 2.11. The average Bonchev–Trinajstić information content (AvgIpc) is 2.09. The molecule has 0 fully saturated rings. The summed E-state index contributed by atoms with van der Waals surface area (Å²) in [6, 6.07) is 0. The molecule has 0 spiro atoms. The van der Waals surface area contributed by atoms with Crippen LogP contribution in [0.3, 0.4) is 0 Å². The maximum atomic E-state index is 10.5. The third kappa shape index (κ3) is 7.78. The second-order valence-corrected chi connectivity index (χ2v) is 3.47. The van der Waals surface area contributed by atoms with Crippen LogP contribution in [-0.4, -0.2) is 22.8 Å². The van der Waals surface area contributed by atoms with Crippen molar-refractivity contribution in [2.24, 2.45) is 5.92 Å². The van der Waals surface area contributed by atoms with Gasteiger partial charge in [0.15, 0.2) is 0 Å². The summed E-state index contributed by atoms with van der Waals surface area (Å²) >= 11 is 0. The minimum absolute atomic E-state index is 0.169. The minimum Gasteiger partial charge on any atom is -0.481 e. The van der Waals surface area contributed by atoms with Gasteiger partial charge in [0.25, 0.3) is 0 Å². The van der Waals surface area contributed by atoms with Crippen LogP contribution in [0.2, 0.25) is 0 Å². The van der Waals surface area contributed by atoms with E-state index >= 15 is 0 Å². The van der Waals surface area contributed by atoms with Crippen LogP contribution in [0.5, 0.6) is 0 Å². The molecule has 3 nitrogen and oxygen atoms in total. The van der Waals surface area contributed by atoms with Gasteiger partial charge >= 0.3 is 5.97 Å². The minimum atomic E-state index is -0.723. The number of rotatable bonds is 8. The Kier molecular flexibility index (Phi) is 7.69. The zero-order chi connectivity index (χ0) is 10.1. The van der Waals surface area contributed by atoms with Gasteiger partial charge in [-0.15, -0.1) is 0 Å². The zero-order valence-corrected chi connectivity index (χ0v) is 8.33. The highest BCUT2D eigenvalue weighted by molar-refractivity contribution is 5.66. The Labute approximate surface area is 79.8 Å². The van der Waals surface area contributed by atoms with Crippen molar-refractivity contribution in [2.75, 3.05) is 6.61 Å². The van der Waals surface area contributed by atoms with Gasteiger partial charge in [-0.05, 0) is 25.2 Å². The van der Waals surface area contributed by atoms with Gasteiger partial charge in [0.1, 0.15) is 0 Å². The van der Waals surface area contributed by atoms with Gasteiger partial charge in [0.05, 0.1) is 0 Å². The van der Waals surface area contributed by atoms with E-state index in [1.165, 1.54) is 0 Å². The molecule has 0 saturated heterocycles. The lowest BCUT2D eigenvalue weighted by Crippen LogP contribution is -2.08. The molecule has 0 heterocycles. The van der Waals surface area contributed by atoms with Gasteiger partial charge in [-0.1, -0.05) is 19.8 Å². The Morgan fingerprint density at radius 3 is 2.38 bits per heavy atom. The molecule has 0 aromatic heterocycles. The summed E-state index contributed by atoms with van der Waals surface area (Å²) in [5.74, 6) is -0.469. The van der Waals surface area contributed by atoms with E-state index in [2.05, 4.69) is 6.92 Å². The summed E-state index contributed by atoms with van der Waals surface area (Å²) in [5, 5.41) is 17.2. The molecule has 0 aromatic rings. The van der Waals surface area contributed by atoms with Crippen molar-refractivity contribution < 1.29 is 15.0 Å². The van der Waals surface area contributed by atoms with Gasteiger partial charge < -0.3 is 10.2 Å². The lowest BCUT2D eigenvalue weighted by molar-refractivity contribution is -0.138. The molecule has 0 radical (unpaired) electrons. The third-order valence-electron chi connectivity index (χ3n) is 2.20. The lowest BCUT2D eigenvalue weighted by Gasteiger charge is -2.12. The van der Waals surface area contributed by atoms with Crippen LogP contribution < -0.4 is 0 Å². The van der Waals surface area contributed by atoms with Crippen LogP contribution in [0.1, 0.15) is 45.4 Å². The van der Waals surface area contributed by atoms with Crippen molar-refractivity contribution in [1.29, 1.82) is 0 Å². The molecular weight excluding hydrogens is 168 g/mol. The number of aliphatic carboxylic acids is 1. The van der Waals surface area contributed by atoms with E-state index in [-0.39, 0.29) is 18.9 Å².